The van der Waals surface area contributed by atoms with Crippen LogP contribution in [0.15, 0.2) is 12.2 Å². The summed E-state index contributed by atoms with van der Waals surface area (Å²) in [4.78, 5) is 13.6. The van der Waals surface area contributed by atoms with Gasteiger partial charge in [-0.1, -0.05) is 12.2 Å². The first kappa shape index (κ1) is 18.4. The smallest absolute Gasteiger partial charge is 0.322 e. The van der Waals surface area contributed by atoms with Crippen LogP contribution >= 0.6 is 0 Å². The van der Waals surface area contributed by atoms with Crippen molar-refractivity contribution in [3.8, 4) is 0 Å². The molecule has 3 unspecified atom stereocenters. The predicted molar refractivity (Wildman–Crippen MR) is 92.4 cm³/mol. The van der Waals surface area contributed by atoms with E-state index in [1.54, 1.807) is 4.90 Å². The third-order valence-electron chi connectivity index (χ3n) is 5.09. The highest BCUT2D eigenvalue weighted by atomic mass is 16.5. The third-order valence-corrected chi connectivity index (χ3v) is 5.09. The Morgan fingerprint density at radius 3 is 2.87 bits per heavy atom. The number of nitrogens with one attached hydrogen (secondary N) is 3. The summed E-state index contributed by atoms with van der Waals surface area (Å²) in [5.74, 6) is -0.127. The summed E-state index contributed by atoms with van der Waals surface area (Å²) in [5, 5.41) is 7.10. The largest absolute Gasteiger partial charge is 0.468 e. The van der Waals surface area contributed by atoms with Crippen molar-refractivity contribution >= 4 is 5.97 Å². The van der Waals surface area contributed by atoms with Crippen molar-refractivity contribution in [3.63, 3.8) is 0 Å². The number of piperidine rings is 1. The highest BCUT2D eigenvalue weighted by Crippen LogP contribution is 2.06. The molecule has 5 heteroatoms. The Bertz CT molecular complexity index is 373. The van der Waals surface area contributed by atoms with Crippen molar-refractivity contribution in [2.45, 2.75) is 63.5 Å². The van der Waals surface area contributed by atoms with Crippen LogP contribution < -0.4 is 15.5 Å². The second kappa shape index (κ2) is 10.8. The Labute approximate surface area is 140 Å². The molecule has 2 aliphatic rings. The molecule has 0 aliphatic carbocycles. The number of ether oxygens (including phenoxy) is 1. The molecule has 1 saturated heterocycles. The molecule has 132 valence electrons. The molecule has 0 radical (unpaired) electrons. The summed E-state index contributed by atoms with van der Waals surface area (Å²) in [6.45, 7) is 4.30. The molecule has 0 aromatic heterocycles. The molecular formula is C18H34N3O2+. The molecule has 0 amide bonds. The normalized spacial score (nSPS) is 31.4. The molecule has 0 aromatic rings. The Kier molecular flexibility index (Phi) is 8.64. The lowest BCUT2D eigenvalue weighted by Crippen LogP contribution is -3.18. The van der Waals surface area contributed by atoms with Crippen molar-refractivity contribution in [1.82, 2.24) is 10.6 Å². The fourth-order valence-corrected chi connectivity index (χ4v) is 3.62. The maximum atomic E-state index is 12.0. The van der Waals surface area contributed by atoms with Gasteiger partial charge in [0.15, 0.2) is 0 Å². The van der Waals surface area contributed by atoms with E-state index in [0.29, 0.717) is 6.04 Å². The number of hydrogen-bond donors (Lipinski definition) is 3. The third kappa shape index (κ3) is 6.61. The molecule has 23 heavy (non-hydrogen) atoms. The van der Waals surface area contributed by atoms with Gasteiger partial charge in [0.05, 0.1) is 13.7 Å². The van der Waals surface area contributed by atoms with Gasteiger partial charge in [0, 0.05) is 19.5 Å². The average molecular weight is 324 g/mol. The van der Waals surface area contributed by atoms with Gasteiger partial charge in [0.25, 0.3) is 0 Å². The monoisotopic (exact) mass is 324 g/mol. The molecule has 1 fully saturated rings. The molecule has 2 heterocycles. The van der Waals surface area contributed by atoms with Gasteiger partial charge in [-0.3, -0.25) is 15.4 Å². The zero-order valence-corrected chi connectivity index (χ0v) is 14.6. The lowest BCUT2D eigenvalue weighted by molar-refractivity contribution is -0.931. The maximum Gasteiger partial charge on any atom is 0.322 e. The molecular weight excluding hydrogens is 290 g/mol. The van der Waals surface area contributed by atoms with Crippen molar-refractivity contribution in [1.29, 1.82) is 0 Å². The predicted octanol–water partition coefficient (Wildman–Crippen LogP) is 0.622. The Morgan fingerprint density at radius 2 is 2.00 bits per heavy atom. The summed E-state index contributed by atoms with van der Waals surface area (Å²) in [6, 6.07) is 0.426. The van der Waals surface area contributed by atoms with Crippen molar-refractivity contribution in [3.05, 3.63) is 12.2 Å². The topological polar surface area (TPSA) is 54.8 Å². The van der Waals surface area contributed by atoms with Crippen molar-refractivity contribution in [2.75, 3.05) is 33.4 Å². The molecule has 2 rings (SSSR count). The van der Waals surface area contributed by atoms with Crippen molar-refractivity contribution < 1.29 is 14.4 Å². The van der Waals surface area contributed by atoms with E-state index in [9.17, 15) is 4.79 Å². The first-order chi connectivity index (χ1) is 11.3. The van der Waals surface area contributed by atoms with E-state index in [1.807, 2.05) is 0 Å². The van der Waals surface area contributed by atoms with E-state index in [-0.39, 0.29) is 12.0 Å². The minimum atomic E-state index is -0.175. The number of quaternary nitrogens is 1. The molecule has 2 aliphatic heterocycles. The zero-order valence-electron chi connectivity index (χ0n) is 14.6. The van der Waals surface area contributed by atoms with E-state index >= 15 is 0 Å². The average Bonchev–Trinajstić information content (AvgIpc) is 2.59. The van der Waals surface area contributed by atoms with Crippen LogP contribution in [0.25, 0.3) is 0 Å². The number of carbonyl (C=O) groups is 1. The highest BCUT2D eigenvalue weighted by molar-refractivity contribution is 5.75. The number of allylic oxidation sites excluding steroid dienone is 2. The molecule has 0 aromatic carbocycles. The first-order valence-electron chi connectivity index (χ1n) is 9.32. The van der Waals surface area contributed by atoms with Crippen molar-refractivity contribution in [2.24, 2.45) is 0 Å². The fraction of sp³-hybridized carbons (Fsp3) is 0.833. The van der Waals surface area contributed by atoms with Gasteiger partial charge in [0.1, 0.15) is 18.8 Å². The number of esters is 1. The Balaban J connectivity index is 1.95. The van der Waals surface area contributed by atoms with Gasteiger partial charge in [-0.05, 0) is 44.9 Å². The van der Waals surface area contributed by atoms with Crippen LogP contribution in [0.1, 0.15) is 51.4 Å². The van der Waals surface area contributed by atoms with E-state index in [0.717, 1.165) is 39.0 Å². The van der Waals surface area contributed by atoms with E-state index in [4.69, 9.17) is 4.74 Å². The molecule has 3 N–H and O–H groups in total. The van der Waals surface area contributed by atoms with Crippen LogP contribution in [0.3, 0.4) is 0 Å². The summed E-state index contributed by atoms with van der Waals surface area (Å²) < 4.78 is 4.97. The van der Waals surface area contributed by atoms with Crippen LogP contribution in [0.5, 0.6) is 0 Å². The first-order valence-corrected chi connectivity index (χ1v) is 9.32. The second-order valence-electron chi connectivity index (χ2n) is 6.81. The van der Waals surface area contributed by atoms with Crippen LogP contribution in [-0.2, 0) is 9.53 Å². The number of hydrogen-bond acceptors (Lipinski definition) is 4. The zero-order chi connectivity index (χ0) is 16.3. The minimum absolute atomic E-state index is 0.127. The van der Waals surface area contributed by atoms with Crippen LogP contribution in [0, 0.1) is 0 Å². The van der Waals surface area contributed by atoms with Gasteiger partial charge in [-0.25, -0.2) is 0 Å². The SMILES string of the molecule is COC(=O)C1CCC=CCCCCNC[NH+]2CCCCC2CN1. The van der Waals surface area contributed by atoms with Crippen LogP contribution in [0.2, 0.25) is 0 Å². The van der Waals surface area contributed by atoms with Gasteiger partial charge < -0.3 is 9.64 Å². The summed E-state index contributed by atoms with van der Waals surface area (Å²) in [5.41, 5.74) is 0. The molecule has 0 bridgehead atoms. The summed E-state index contributed by atoms with van der Waals surface area (Å²) in [7, 11) is 1.48. The molecule has 0 saturated carbocycles. The summed E-state index contributed by atoms with van der Waals surface area (Å²) in [6.07, 6.45) is 13.7. The maximum absolute atomic E-state index is 12.0. The van der Waals surface area contributed by atoms with Gasteiger partial charge >= 0.3 is 5.97 Å². The lowest BCUT2D eigenvalue weighted by atomic mass is 10.0. The number of fused-ring (bicyclic) bond motifs is 1. The molecule has 3 atom stereocenters. The molecule has 0 spiro atoms. The Morgan fingerprint density at radius 1 is 1.13 bits per heavy atom. The minimum Gasteiger partial charge on any atom is -0.468 e. The van der Waals surface area contributed by atoms with Crippen LogP contribution in [-0.4, -0.2) is 51.5 Å². The van der Waals surface area contributed by atoms with E-state index in [2.05, 4.69) is 22.8 Å². The van der Waals surface area contributed by atoms with E-state index < -0.39 is 0 Å². The Hall–Kier alpha value is -0.910. The number of carbonyl (C=O) groups excluding carboxylic acids is 1. The van der Waals surface area contributed by atoms with Crippen LogP contribution in [0.4, 0.5) is 0 Å². The molecule has 5 nitrogen and oxygen atoms in total. The second-order valence-corrected chi connectivity index (χ2v) is 6.81. The van der Waals surface area contributed by atoms with Gasteiger partial charge in [0.2, 0.25) is 0 Å². The fourth-order valence-electron chi connectivity index (χ4n) is 3.62. The highest BCUT2D eigenvalue weighted by Gasteiger charge is 2.27. The summed E-state index contributed by atoms with van der Waals surface area (Å²) >= 11 is 0. The van der Waals surface area contributed by atoms with Gasteiger partial charge in [-0.2, -0.15) is 0 Å². The van der Waals surface area contributed by atoms with E-state index in [1.165, 1.54) is 45.8 Å². The van der Waals surface area contributed by atoms with Gasteiger partial charge in [-0.15, -0.1) is 0 Å². The quantitative estimate of drug-likeness (QED) is 0.489. The number of methoxy groups -OCH3 is 1. The lowest BCUT2D eigenvalue weighted by Gasteiger charge is -2.33. The number of rotatable bonds is 1. The standard InChI is InChI=1S/C18H33N3O2/c1-23-18(22)17-11-6-4-2-3-5-8-12-19-15-21-13-9-7-10-16(21)14-20-17/h2,4,16-17,19-20H,3,5-15H2,1H3/p+1.